The van der Waals surface area contributed by atoms with Crippen LogP contribution >= 0.6 is 0 Å². The number of hydrogen-bond acceptors (Lipinski definition) is 2. The van der Waals surface area contributed by atoms with Gasteiger partial charge in [0.05, 0.1) is 0 Å². The summed E-state index contributed by atoms with van der Waals surface area (Å²) in [5.41, 5.74) is 1.14. The highest BCUT2D eigenvalue weighted by atomic mass is 16.6. The lowest BCUT2D eigenvalue weighted by molar-refractivity contribution is 0.482. The monoisotopic (exact) mass is 237 g/mol. The average molecular weight is 237 g/mol. The van der Waals surface area contributed by atoms with Crippen LogP contribution in [0.3, 0.4) is 0 Å². The van der Waals surface area contributed by atoms with Crippen molar-refractivity contribution in [3.8, 4) is 11.5 Å². The van der Waals surface area contributed by atoms with Crippen LogP contribution in [0.4, 0.5) is 0 Å². The van der Waals surface area contributed by atoms with E-state index < -0.39 is 6.55 Å². The van der Waals surface area contributed by atoms with E-state index in [0.717, 1.165) is 17.1 Å². The van der Waals surface area contributed by atoms with Crippen molar-refractivity contribution in [2.45, 2.75) is 6.82 Å². The second-order valence-corrected chi connectivity index (χ2v) is 4.63. The van der Waals surface area contributed by atoms with Crippen LogP contribution in [0.2, 0.25) is 6.82 Å². The van der Waals surface area contributed by atoms with Gasteiger partial charge in [-0.1, -0.05) is 48.5 Å². The van der Waals surface area contributed by atoms with Gasteiger partial charge in [-0.15, -0.1) is 6.82 Å². The van der Waals surface area contributed by atoms with E-state index in [2.05, 4.69) is 12.1 Å². The highest BCUT2D eigenvalue weighted by Crippen LogP contribution is 2.37. The van der Waals surface area contributed by atoms with Gasteiger partial charge in [0, 0.05) is 0 Å². The van der Waals surface area contributed by atoms with Crippen LogP contribution in [-0.2, 0) is 0 Å². The Morgan fingerprint density at radius 1 is 0.833 bits per heavy atom. The summed E-state index contributed by atoms with van der Waals surface area (Å²) >= 11 is 0. The van der Waals surface area contributed by atoms with Crippen molar-refractivity contribution < 1.29 is 9.31 Å². The van der Waals surface area contributed by atoms with Crippen molar-refractivity contribution in [2.75, 3.05) is 0 Å². The fraction of sp³-hybridized carbons (Fsp3) is 0.0667. The summed E-state index contributed by atoms with van der Waals surface area (Å²) in [6, 6.07) is 17.9. The Morgan fingerprint density at radius 2 is 1.39 bits per heavy atom. The molecule has 3 rings (SSSR count). The van der Waals surface area contributed by atoms with Gasteiger partial charge in [-0.25, -0.2) is 0 Å². The minimum atomic E-state index is -1.41. The van der Waals surface area contributed by atoms with Crippen molar-refractivity contribution >= 4 is 12.6 Å². The van der Waals surface area contributed by atoms with Gasteiger partial charge in [-0.2, -0.15) is 5.98 Å². The minimum absolute atomic E-state index is 0.817. The summed E-state index contributed by atoms with van der Waals surface area (Å²) in [7, 11) is 0. The topological polar surface area (TPSA) is 18.5 Å². The molecule has 0 saturated carbocycles. The number of rotatable bonds is 2. The van der Waals surface area contributed by atoms with Gasteiger partial charge in [0.15, 0.2) is 0 Å². The summed E-state index contributed by atoms with van der Waals surface area (Å²) in [4.78, 5) is 0. The smallest absolute Gasteiger partial charge is 0.366 e. The molecule has 0 radical (unpaired) electrons. The van der Waals surface area contributed by atoms with Crippen molar-refractivity contribution in [2.24, 2.45) is 0 Å². The summed E-state index contributed by atoms with van der Waals surface area (Å²) in [6.45, 7) is 0.560. The highest BCUT2D eigenvalue weighted by molar-refractivity contribution is 6.74. The van der Waals surface area contributed by atoms with Gasteiger partial charge in [-0.05, 0) is 17.7 Å². The van der Waals surface area contributed by atoms with E-state index in [0.29, 0.717) is 0 Å². The Balaban J connectivity index is 1.81. The predicted molar refractivity (Wildman–Crippen MR) is 74.8 cm³/mol. The Kier molecular flexibility index (Phi) is 2.60. The lowest BCUT2D eigenvalue weighted by atomic mass is 9.60. The molecule has 0 unspecified atom stereocenters. The minimum Gasteiger partial charge on any atom is -0.677 e. The van der Waals surface area contributed by atoms with E-state index >= 15 is 0 Å². The molecule has 0 bridgehead atoms. The quantitative estimate of drug-likeness (QED) is 0.740. The van der Waals surface area contributed by atoms with Gasteiger partial charge in [-0.3, -0.25) is 0 Å². The molecule has 0 spiro atoms. The number of benzene rings is 2. The number of hydrogen-bond donors (Lipinski definition) is 0. The van der Waals surface area contributed by atoms with Gasteiger partial charge >= 0.3 is 6.55 Å². The van der Waals surface area contributed by atoms with Gasteiger partial charge in [0.1, 0.15) is 11.5 Å². The molecule has 1 heterocycles. The first-order valence-electron chi connectivity index (χ1n) is 6.15. The normalized spacial score (nSPS) is 16.1. The maximum Gasteiger partial charge on any atom is 0.366 e. The summed E-state index contributed by atoms with van der Waals surface area (Å²) in [5, 5.41) is 0. The van der Waals surface area contributed by atoms with E-state index in [1.807, 2.05) is 61.3 Å². The molecule has 90 valence electrons. The van der Waals surface area contributed by atoms with Crippen LogP contribution in [0, 0.1) is 0 Å². The molecule has 18 heavy (non-hydrogen) atoms. The lowest BCUT2D eigenvalue weighted by Crippen LogP contribution is -2.39. The van der Waals surface area contributed by atoms with Crippen molar-refractivity contribution in [3.63, 3.8) is 0 Å². The molecule has 1 aliphatic rings. The first-order chi connectivity index (χ1) is 8.75. The molecule has 1 aliphatic heterocycles. The second kappa shape index (κ2) is 4.26. The third kappa shape index (κ3) is 2.12. The summed E-state index contributed by atoms with van der Waals surface area (Å²) in [6.07, 6.45) is 2.03. The molecule has 0 N–H and O–H groups in total. The van der Waals surface area contributed by atoms with Crippen molar-refractivity contribution in [3.05, 3.63) is 66.1 Å². The fourth-order valence-electron chi connectivity index (χ4n) is 2.10. The van der Waals surface area contributed by atoms with Crippen molar-refractivity contribution in [1.29, 1.82) is 0 Å². The Labute approximate surface area is 107 Å². The first-order valence-corrected chi connectivity index (χ1v) is 6.15. The molecule has 2 aromatic carbocycles. The molecule has 3 heteroatoms. The number of fused-ring (bicyclic) bond motifs is 1. The lowest BCUT2D eigenvalue weighted by Gasteiger charge is -2.27. The molecule has 0 amide bonds. The fourth-order valence-corrected chi connectivity index (χ4v) is 2.10. The largest absolute Gasteiger partial charge is 0.677 e. The van der Waals surface area contributed by atoms with Crippen LogP contribution in [0.1, 0.15) is 5.56 Å². The third-order valence-electron chi connectivity index (χ3n) is 3.01. The summed E-state index contributed by atoms with van der Waals surface area (Å²) in [5.74, 6) is 3.63. The van der Waals surface area contributed by atoms with Gasteiger partial charge in [0.2, 0.25) is 0 Å². The van der Waals surface area contributed by atoms with Gasteiger partial charge in [0.25, 0.3) is 0 Å². The molecular weight excluding hydrogens is 223 g/mol. The Morgan fingerprint density at radius 3 is 2.00 bits per heavy atom. The van der Waals surface area contributed by atoms with Crippen LogP contribution in [-0.4, -0.2) is 6.55 Å². The van der Waals surface area contributed by atoms with E-state index in [4.69, 9.17) is 9.31 Å². The number of para-hydroxylation sites is 2. The maximum atomic E-state index is 5.87. The van der Waals surface area contributed by atoms with Crippen LogP contribution < -0.4 is 9.31 Å². The molecular formula is C15H14BO2-. The van der Waals surface area contributed by atoms with E-state index in [1.165, 1.54) is 0 Å². The molecule has 0 aliphatic carbocycles. The van der Waals surface area contributed by atoms with Crippen LogP contribution in [0.5, 0.6) is 11.5 Å². The van der Waals surface area contributed by atoms with Crippen molar-refractivity contribution in [1.82, 2.24) is 0 Å². The van der Waals surface area contributed by atoms with Crippen LogP contribution in [0.15, 0.2) is 60.6 Å². The molecule has 2 aromatic rings. The standard InChI is InChI=1S/C15H14BO2/c1-16(12-11-13-7-3-2-4-8-13)17-14-9-5-6-10-15(14)18-16/h2-12H,1H3/q-1/b12-11+. The van der Waals surface area contributed by atoms with E-state index in [1.54, 1.807) is 0 Å². The average Bonchev–Trinajstić information content (AvgIpc) is 2.74. The van der Waals surface area contributed by atoms with Crippen LogP contribution in [0.25, 0.3) is 6.08 Å². The second-order valence-electron chi connectivity index (χ2n) is 4.63. The van der Waals surface area contributed by atoms with E-state index in [-0.39, 0.29) is 0 Å². The zero-order valence-corrected chi connectivity index (χ0v) is 10.2. The zero-order valence-electron chi connectivity index (χ0n) is 10.2. The molecule has 0 fully saturated rings. The molecule has 2 nitrogen and oxygen atoms in total. The first kappa shape index (κ1) is 11.0. The third-order valence-corrected chi connectivity index (χ3v) is 3.01. The zero-order chi connectivity index (χ0) is 12.4. The summed E-state index contributed by atoms with van der Waals surface area (Å²) < 4.78 is 11.7. The Hall–Kier alpha value is -2.16. The SMILES string of the molecule is C[B-]1(/C=C/c2ccccc2)Oc2ccccc2O1. The Bertz CT molecular complexity index is 553. The maximum absolute atomic E-state index is 5.87. The highest BCUT2D eigenvalue weighted by Gasteiger charge is 2.28. The predicted octanol–water partition coefficient (Wildman–Crippen LogP) is 3.78. The van der Waals surface area contributed by atoms with Gasteiger partial charge < -0.3 is 9.31 Å². The molecule has 0 saturated heterocycles. The molecule has 0 aromatic heterocycles. The molecule has 0 atom stereocenters. The van der Waals surface area contributed by atoms with E-state index in [9.17, 15) is 0 Å².